The maximum absolute atomic E-state index is 4.55. The minimum absolute atomic E-state index is 0.277. The Morgan fingerprint density at radius 3 is 2.90 bits per heavy atom. The summed E-state index contributed by atoms with van der Waals surface area (Å²) in [6.07, 6.45) is 2.99. The van der Waals surface area contributed by atoms with Crippen molar-refractivity contribution >= 4 is 21.4 Å². The molecule has 0 spiro atoms. The number of benzene rings is 1. The van der Waals surface area contributed by atoms with Gasteiger partial charge in [-0.1, -0.05) is 25.1 Å². The highest BCUT2D eigenvalue weighted by molar-refractivity contribution is 7.17. The van der Waals surface area contributed by atoms with E-state index in [0.717, 1.165) is 18.7 Å². The zero-order chi connectivity index (χ0) is 13.9. The van der Waals surface area contributed by atoms with Crippen LogP contribution in [0.2, 0.25) is 0 Å². The number of nitrogens with one attached hydrogen (secondary N) is 1. The molecule has 0 radical (unpaired) electrons. The molecule has 0 saturated carbocycles. The van der Waals surface area contributed by atoms with E-state index in [2.05, 4.69) is 53.1 Å². The predicted octanol–water partition coefficient (Wildman–Crippen LogP) is 3.53. The number of thiophene rings is 1. The summed E-state index contributed by atoms with van der Waals surface area (Å²) in [6.45, 7) is 3.09. The van der Waals surface area contributed by atoms with Gasteiger partial charge >= 0.3 is 0 Å². The fourth-order valence-corrected chi connectivity index (χ4v) is 3.53. The van der Waals surface area contributed by atoms with Crippen molar-refractivity contribution in [3.05, 3.63) is 53.2 Å². The quantitative estimate of drug-likeness (QED) is 0.777. The van der Waals surface area contributed by atoms with Crippen LogP contribution in [0.3, 0.4) is 0 Å². The molecule has 104 valence electrons. The molecule has 1 N–H and O–H groups in total. The van der Waals surface area contributed by atoms with Crippen LogP contribution in [0.4, 0.5) is 0 Å². The Balaban J connectivity index is 1.90. The van der Waals surface area contributed by atoms with Crippen LogP contribution in [-0.4, -0.2) is 16.3 Å². The summed E-state index contributed by atoms with van der Waals surface area (Å²) in [6, 6.07) is 11.0. The molecule has 0 amide bonds. The molecule has 0 aliphatic carbocycles. The van der Waals surface area contributed by atoms with E-state index in [1.807, 2.05) is 29.3 Å². The molecule has 1 atom stereocenters. The van der Waals surface area contributed by atoms with Gasteiger partial charge in [0, 0.05) is 17.9 Å². The van der Waals surface area contributed by atoms with Gasteiger partial charge in [-0.25, -0.2) is 0 Å². The van der Waals surface area contributed by atoms with Gasteiger partial charge in [0.15, 0.2) is 0 Å². The van der Waals surface area contributed by atoms with Gasteiger partial charge in [-0.05, 0) is 41.4 Å². The third kappa shape index (κ3) is 2.62. The molecule has 3 nitrogen and oxygen atoms in total. The van der Waals surface area contributed by atoms with E-state index < -0.39 is 0 Å². The first kappa shape index (κ1) is 13.3. The number of fused-ring (bicyclic) bond motifs is 1. The van der Waals surface area contributed by atoms with E-state index in [4.69, 9.17) is 0 Å². The second-order valence-corrected chi connectivity index (χ2v) is 5.90. The molecule has 0 fully saturated rings. The molecule has 4 heteroatoms. The Kier molecular flexibility index (Phi) is 3.85. The van der Waals surface area contributed by atoms with Gasteiger partial charge in [-0.3, -0.25) is 4.68 Å². The lowest BCUT2D eigenvalue weighted by Gasteiger charge is -2.15. The largest absolute Gasteiger partial charge is 0.309 e. The number of aromatic nitrogens is 2. The Morgan fingerprint density at radius 2 is 2.15 bits per heavy atom. The van der Waals surface area contributed by atoms with Gasteiger partial charge in [0.2, 0.25) is 0 Å². The Bertz CT molecular complexity index is 698. The highest BCUT2D eigenvalue weighted by Gasteiger charge is 2.16. The first-order valence-corrected chi connectivity index (χ1v) is 7.84. The number of hydrogen-bond donors (Lipinski definition) is 1. The van der Waals surface area contributed by atoms with Crippen LogP contribution in [0.15, 0.2) is 41.9 Å². The van der Waals surface area contributed by atoms with Crippen LogP contribution < -0.4 is 5.32 Å². The SMILES string of the molecule is CCNC(Cc1csc2ccccc12)c1ccn(C)n1. The second kappa shape index (κ2) is 5.77. The molecule has 0 saturated heterocycles. The Labute approximate surface area is 123 Å². The number of rotatable bonds is 5. The highest BCUT2D eigenvalue weighted by atomic mass is 32.1. The summed E-state index contributed by atoms with van der Waals surface area (Å²) in [7, 11) is 1.96. The standard InChI is InChI=1S/C16H19N3S/c1-3-17-15(14-8-9-19(2)18-14)10-12-11-20-16-7-5-4-6-13(12)16/h4-9,11,15,17H,3,10H2,1-2H3. The van der Waals surface area contributed by atoms with Crippen molar-refractivity contribution in [3.8, 4) is 0 Å². The van der Waals surface area contributed by atoms with Gasteiger partial charge < -0.3 is 5.32 Å². The average molecular weight is 285 g/mol. The van der Waals surface area contributed by atoms with Crippen LogP contribution in [0, 0.1) is 0 Å². The first-order valence-electron chi connectivity index (χ1n) is 6.96. The fraction of sp³-hybridized carbons (Fsp3) is 0.312. The molecule has 0 aliphatic rings. The van der Waals surface area contributed by atoms with Crippen LogP contribution >= 0.6 is 11.3 Å². The minimum atomic E-state index is 0.277. The van der Waals surface area contributed by atoms with E-state index in [1.54, 1.807) is 0 Å². The summed E-state index contributed by atoms with van der Waals surface area (Å²) >= 11 is 1.82. The average Bonchev–Trinajstić information content (AvgIpc) is 3.05. The lowest BCUT2D eigenvalue weighted by molar-refractivity contribution is 0.529. The third-order valence-electron chi connectivity index (χ3n) is 3.53. The van der Waals surface area contributed by atoms with Crippen molar-refractivity contribution in [2.45, 2.75) is 19.4 Å². The lowest BCUT2D eigenvalue weighted by atomic mass is 10.0. The van der Waals surface area contributed by atoms with Gasteiger partial charge in [-0.2, -0.15) is 5.10 Å². The summed E-state index contributed by atoms with van der Waals surface area (Å²) in [4.78, 5) is 0. The number of hydrogen-bond acceptors (Lipinski definition) is 3. The summed E-state index contributed by atoms with van der Waals surface area (Å²) in [5, 5.41) is 11.7. The van der Waals surface area contributed by atoms with Crippen LogP contribution in [0.25, 0.3) is 10.1 Å². The molecule has 20 heavy (non-hydrogen) atoms. The predicted molar refractivity (Wildman–Crippen MR) is 85.2 cm³/mol. The van der Waals surface area contributed by atoms with Crippen molar-refractivity contribution in [1.82, 2.24) is 15.1 Å². The molecule has 3 rings (SSSR count). The zero-order valence-electron chi connectivity index (χ0n) is 11.8. The van der Waals surface area contributed by atoms with Gasteiger partial charge in [0.25, 0.3) is 0 Å². The number of nitrogens with zero attached hydrogens (tertiary/aromatic N) is 2. The highest BCUT2D eigenvalue weighted by Crippen LogP contribution is 2.29. The van der Waals surface area contributed by atoms with Crippen LogP contribution in [0.5, 0.6) is 0 Å². The lowest BCUT2D eigenvalue weighted by Crippen LogP contribution is -2.23. The Morgan fingerprint density at radius 1 is 1.30 bits per heavy atom. The van der Waals surface area contributed by atoms with Crippen molar-refractivity contribution < 1.29 is 0 Å². The minimum Gasteiger partial charge on any atom is -0.309 e. The summed E-state index contributed by atoms with van der Waals surface area (Å²) < 4.78 is 3.23. The molecule has 3 aromatic rings. The van der Waals surface area contributed by atoms with E-state index in [1.165, 1.54) is 15.6 Å². The smallest absolute Gasteiger partial charge is 0.0797 e. The number of aryl methyl sites for hydroxylation is 1. The molecule has 0 aliphatic heterocycles. The molecule has 1 aromatic carbocycles. The van der Waals surface area contributed by atoms with Crippen molar-refractivity contribution in [3.63, 3.8) is 0 Å². The van der Waals surface area contributed by atoms with E-state index in [9.17, 15) is 0 Å². The van der Waals surface area contributed by atoms with Crippen LogP contribution in [-0.2, 0) is 13.5 Å². The molecule has 1 unspecified atom stereocenters. The molecular formula is C16H19N3S. The maximum Gasteiger partial charge on any atom is 0.0797 e. The summed E-state index contributed by atoms with van der Waals surface area (Å²) in [5.74, 6) is 0. The van der Waals surface area contributed by atoms with E-state index in [-0.39, 0.29) is 6.04 Å². The van der Waals surface area contributed by atoms with E-state index in [0.29, 0.717) is 0 Å². The van der Waals surface area contributed by atoms with Gasteiger partial charge in [-0.15, -0.1) is 11.3 Å². The van der Waals surface area contributed by atoms with Crippen molar-refractivity contribution in [2.75, 3.05) is 6.54 Å². The van der Waals surface area contributed by atoms with Gasteiger partial charge in [0.05, 0.1) is 11.7 Å². The Hall–Kier alpha value is -1.65. The molecule has 2 aromatic heterocycles. The van der Waals surface area contributed by atoms with Crippen molar-refractivity contribution in [2.24, 2.45) is 7.05 Å². The topological polar surface area (TPSA) is 29.9 Å². The number of likely N-dealkylation sites (N-methyl/N-ethyl adjacent to an activating group) is 1. The zero-order valence-corrected chi connectivity index (χ0v) is 12.7. The van der Waals surface area contributed by atoms with Crippen LogP contribution in [0.1, 0.15) is 24.2 Å². The maximum atomic E-state index is 4.55. The monoisotopic (exact) mass is 285 g/mol. The van der Waals surface area contributed by atoms with Gasteiger partial charge in [0.1, 0.15) is 0 Å². The first-order chi connectivity index (χ1) is 9.78. The molecular weight excluding hydrogens is 266 g/mol. The third-order valence-corrected chi connectivity index (χ3v) is 4.54. The second-order valence-electron chi connectivity index (χ2n) is 4.99. The fourth-order valence-electron chi connectivity index (χ4n) is 2.56. The van der Waals surface area contributed by atoms with E-state index >= 15 is 0 Å². The normalized spacial score (nSPS) is 12.9. The molecule has 2 heterocycles. The summed E-state index contributed by atoms with van der Waals surface area (Å²) in [5.41, 5.74) is 2.52. The molecule has 0 bridgehead atoms. The van der Waals surface area contributed by atoms with Crippen molar-refractivity contribution in [1.29, 1.82) is 0 Å².